The topological polar surface area (TPSA) is 50.9 Å². The number of fused-ring (bicyclic) bond motifs is 2. The molecule has 0 saturated carbocycles. The zero-order valence-electron chi connectivity index (χ0n) is 14.8. The first-order chi connectivity index (χ1) is 13.7. The molecule has 5 rings (SSSR count). The van der Waals surface area contributed by atoms with Gasteiger partial charge in [0.15, 0.2) is 0 Å². The molecule has 0 aliphatic heterocycles. The third kappa shape index (κ3) is 2.73. The summed E-state index contributed by atoms with van der Waals surface area (Å²) in [6.45, 7) is 0. The second-order valence-corrected chi connectivity index (χ2v) is 6.67. The van der Waals surface area contributed by atoms with Crippen LogP contribution in [0, 0.1) is 5.82 Å². The van der Waals surface area contributed by atoms with Crippen LogP contribution in [0.3, 0.4) is 0 Å². The fourth-order valence-electron chi connectivity index (χ4n) is 3.55. The number of hydrogen-bond donors (Lipinski definition) is 1. The summed E-state index contributed by atoms with van der Waals surface area (Å²) >= 11 is 0. The maximum absolute atomic E-state index is 13.2. The molecule has 0 saturated heterocycles. The summed E-state index contributed by atoms with van der Waals surface area (Å²) in [7, 11) is 0. The molecule has 28 heavy (non-hydrogen) atoms. The Morgan fingerprint density at radius 3 is 2.61 bits per heavy atom. The van der Waals surface area contributed by atoms with Gasteiger partial charge in [-0.2, -0.15) is 5.10 Å². The zero-order valence-corrected chi connectivity index (χ0v) is 14.8. The summed E-state index contributed by atoms with van der Waals surface area (Å²) in [5.74, 6) is -0.282. The number of pyridine rings is 1. The minimum Gasteiger partial charge on any atom is -0.384 e. The lowest BCUT2D eigenvalue weighted by molar-refractivity contribution is 0.222. The van der Waals surface area contributed by atoms with Crippen LogP contribution in [0.15, 0.2) is 85.2 Å². The van der Waals surface area contributed by atoms with Crippen molar-refractivity contribution in [3.8, 4) is 5.69 Å². The highest BCUT2D eigenvalue weighted by Gasteiger charge is 2.15. The molecule has 3 aromatic carbocycles. The van der Waals surface area contributed by atoms with Gasteiger partial charge in [0.25, 0.3) is 0 Å². The van der Waals surface area contributed by atoms with Crippen LogP contribution in [0.4, 0.5) is 4.39 Å². The SMILES string of the molecule is OC(c1ccc2c(cnn2-c2ccc(F)cc2)c1)c1ccnc2ccccc12. The molecule has 2 heterocycles. The molecule has 2 aromatic heterocycles. The van der Waals surface area contributed by atoms with Crippen molar-refractivity contribution in [1.82, 2.24) is 14.8 Å². The Balaban J connectivity index is 1.57. The second kappa shape index (κ2) is 6.55. The van der Waals surface area contributed by atoms with E-state index < -0.39 is 6.10 Å². The van der Waals surface area contributed by atoms with Crippen LogP contribution in [-0.2, 0) is 0 Å². The van der Waals surface area contributed by atoms with Gasteiger partial charge < -0.3 is 5.11 Å². The predicted molar refractivity (Wildman–Crippen MR) is 107 cm³/mol. The van der Waals surface area contributed by atoms with Crippen LogP contribution in [0.5, 0.6) is 0 Å². The Morgan fingerprint density at radius 1 is 0.929 bits per heavy atom. The van der Waals surface area contributed by atoms with Crippen LogP contribution in [-0.4, -0.2) is 19.9 Å². The van der Waals surface area contributed by atoms with Gasteiger partial charge in [0.2, 0.25) is 0 Å². The monoisotopic (exact) mass is 369 g/mol. The van der Waals surface area contributed by atoms with E-state index in [2.05, 4.69) is 10.1 Å². The van der Waals surface area contributed by atoms with Crippen LogP contribution >= 0.6 is 0 Å². The smallest absolute Gasteiger partial charge is 0.123 e. The average molecular weight is 369 g/mol. The molecule has 5 heteroatoms. The lowest BCUT2D eigenvalue weighted by atomic mass is 9.97. The minimum atomic E-state index is -0.772. The molecule has 1 N–H and O–H groups in total. The van der Waals surface area contributed by atoms with Crippen molar-refractivity contribution in [3.05, 3.63) is 102 Å². The molecule has 0 amide bonds. The van der Waals surface area contributed by atoms with Gasteiger partial charge in [-0.15, -0.1) is 0 Å². The standard InChI is InChI=1S/C23H16FN3O/c24-17-6-8-18(9-7-17)27-22-10-5-15(13-16(22)14-26-27)23(28)20-11-12-25-21-4-2-1-3-19(20)21/h1-14,23,28H. The van der Waals surface area contributed by atoms with Crippen LogP contribution in [0.1, 0.15) is 17.2 Å². The van der Waals surface area contributed by atoms with Gasteiger partial charge in [0, 0.05) is 17.0 Å². The Bertz CT molecular complexity index is 1290. The molecule has 4 nitrogen and oxygen atoms in total. The number of aliphatic hydroxyl groups excluding tert-OH is 1. The van der Waals surface area contributed by atoms with E-state index in [0.717, 1.165) is 38.6 Å². The van der Waals surface area contributed by atoms with E-state index in [0.29, 0.717) is 0 Å². The molecule has 136 valence electrons. The van der Waals surface area contributed by atoms with Crippen molar-refractivity contribution in [3.63, 3.8) is 0 Å². The third-order valence-electron chi connectivity index (χ3n) is 4.96. The van der Waals surface area contributed by atoms with E-state index >= 15 is 0 Å². The fourth-order valence-corrected chi connectivity index (χ4v) is 3.55. The van der Waals surface area contributed by atoms with Crippen molar-refractivity contribution in [2.45, 2.75) is 6.10 Å². The molecule has 0 aliphatic carbocycles. The average Bonchev–Trinajstić information content (AvgIpc) is 3.16. The highest BCUT2D eigenvalue weighted by atomic mass is 19.1. The molecule has 1 unspecified atom stereocenters. The maximum Gasteiger partial charge on any atom is 0.123 e. The molecule has 1 atom stereocenters. The quantitative estimate of drug-likeness (QED) is 0.497. The van der Waals surface area contributed by atoms with Crippen LogP contribution in [0.2, 0.25) is 0 Å². The molecule has 0 bridgehead atoms. The minimum absolute atomic E-state index is 0.282. The summed E-state index contributed by atoms with van der Waals surface area (Å²) in [5, 5.41) is 17.3. The first-order valence-corrected chi connectivity index (χ1v) is 8.96. The molecule has 0 spiro atoms. The van der Waals surface area contributed by atoms with E-state index in [1.807, 2.05) is 48.5 Å². The molecular weight excluding hydrogens is 353 g/mol. The van der Waals surface area contributed by atoms with Gasteiger partial charge in [0.1, 0.15) is 11.9 Å². The van der Waals surface area contributed by atoms with Crippen molar-refractivity contribution < 1.29 is 9.50 Å². The fraction of sp³-hybridized carbons (Fsp3) is 0.0435. The number of rotatable bonds is 3. The van der Waals surface area contributed by atoms with Crippen LogP contribution < -0.4 is 0 Å². The second-order valence-electron chi connectivity index (χ2n) is 6.67. The van der Waals surface area contributed by atoms with Gasteiger partial charge in [-0.25, -0.2) is 9.07 Å². The summed E-state index contributed by atoms with van der Waals surface area (Å²) in [6.07, 6.45) is 2.69. The van der Waals surface area contributed by atoms with Crippen LogP contribution in [0.25, 0.3) is 27.5 Å². The maximum atomic E-state index is 13.2. The number of aliphatic hydroxyl groups is 1. The molecule has 0 aliphatic rings. The Kier molecular flexibility index (Phi) is 3.88. The number of halogens is 1. The van der Waals surface area contributed by atoms with Crippen molar-refractivity contribution in [2.75, 3.05) is 0 Å². The molecule has 0 radical (unpaired) electrons. The Morgan fingerprint density at radius 2 is 1.75 bits per heavy atom. The van der Waals surface area contributed by atoms with E-state index in [9.17, 15) is 9.50 Å². The largest absolute Gasteiger partial charge is 0.384 e. The van der Waals surface area contributed by atoms with Gasteiger partial charge in [-0.05, 0) is 59.7 Å². The zero-order chi connectivity index (χ0) is 19.1. The van der Waals surface area contributed by atoms with E-state index in [1.165, 1.54) is 12.1 Å². The lowest BCUT2D eigenvalue weighted by Gasteiger charge is -2.14. The van der Waals surface area contributed by atoms with Crippen molar-refractivity contribution in [1.29, 1.82) is 0 Å². The number of hydrogen-bond acceptors (Lipinski definition) is 3. The van der Waals surface area contributed by atoms with Gasteiger partial charge >= 0.3 is 0 Å². The third-order valence-corrected chi connectivity index (χ3v) is 4.96. The highest BCUT2D eigenvalue weighted by molar-refractivity contribution is 5.84. The first kappa shape index (κ1) is 16.6. The number of para-hydroxylation sites is 1. The number of aromatic nitrogens is 3. The van der Waals surface area contributed by atoms with E-state index in [4.69, 9.17) is 0 Å². The van der Waals surface area contributed by atoms with Gasteiger partial charge in [-0.3, -0.25) is 4.98 Å². The number of benzene rings is 3. The highest BCUT2D eigenvalue weighted by Crippen LogP contribution is 2.30. The van der Waals surface area contributed by atoms with Gasteiger partial charge in [-0.1, -0.05) is 24.3 Å². The molecular formula is C23H16FN3O. The Hall–Kier alpha value is -3.57. The number of nitrogens with zero attached hydrogens (tertiary/aromatic N) is 3. The summed E-state index contributed by atoms with van der Waals surface area (Å²) in [4.78, 5) is 4.36. The van der Waals surface area contributed by atoms with Crippen molar-refractivity contribution in [2.24, 2.45) is 0 Å². The van der Waals surface area contributed by atoms with E-state index in [-0.39, 0.29) is 5.82 Å². The summed E-state index contributed by atoms with van der Waals surface area (Å²) < 4.78 is 15.0. The van der Waals surface area contributed by atoms with Crippen molar-refractivity contribution >= 4 is 21.8 Å². The normalized spacial score (nSPS) is 12.5. The lowest BCUT2D eigenvalue weighted by Crippen LogP contribution is -2.01. The Labute approximate surface area is 160 Å². The molecule has 5 aromatic rings. The van der Waals surface area contributed by atoms with E-state index in [1.54, 1.807) is 29.2 Å². The predicted octanol–water partition coefficient (Wildman–Crippen LogP) is 4.79. The molecule has 0 fully saturated rings. The van der Waals surface area contributed by atoms with Gasteiger partial charge in [0.05, 0.1) is 22.9 Å². The summed E-state index contributed by atoms with van der Waals surface area (Å²) in [6, 6.07) is 21.6. The summed E-state index contributed by atoms with van der Waals surface area (Å²) in [5.41, 5.74) is 4.12. The first-order valence-electron chi connectivity index (χ1n) is 8.96.